The van der Waals surface area contributed by atoms with Crippen molar-refractivity contribution in [3.63, 3.8) is 0 Å². The van der Waals surface area contributed by atoms with Crippen molar-refractivity contribution in [1.82, 2.24) is 5.43 Å². The molecule has 0 fully saturated rings. The summed E-state index contributed by atoms with van der Waals surface area (Å²) < 4.78 is 6.06. The van der Waals surface area contributed by atoms with E-state index in [4.69, 9.17) is 16.3 Å². The number of halogens is 1. The fourth-order valence-corrected chi connectivity index (χ4v) is 3.39. The summed E-state index contributed by atoms with van der Waals surface area (Å²) in [6.07, 6.45) is 1.57. The molecule has 32 heavy (non-hydrogen) atoms. The van der Waals surface area contributed by atoms with E-state index in [1.54, 1.807) is 36.5 Å². The molecule has 156 valence electrons. The zero-order valence-electron chi connectivity index (χ0n) is 17.0. The maximum Gasteiger partial charge on any atom is 0.271 e. The van der Waals surface area contributed by atoms with Gasteiger partial charge in [-0.25, -0.2) is 5.43 Å². The van der Waals surface area contributed by atoms with Crippen LogP contribution in [0.4, 0.5) is 0 Å². The highest BCUT2D eigenvalue weighted by molar-refractivity contribution is 6.30. The molecule has 0 unspecified atom stereocenters. The molecule has 0 spiro atoms. The van der Waals surface area contributed by atoms with Crippen LogP contribution in [0.3, 0.4) is 0 Å². The number of benzene rings is 4. The van der Waals surface area contributed by atoms with Gasteiger partial charge in [-0.05, 0) is 47.2 Å². The van der Waals surface area contributed by atoms with E-state index in [0.717, 1.165) is 21.9 Å². The second-order valence-electron chi connectivity index (χ2n) is 6.96. The van der Waals surface area contributed by atoms with Crippen molar-refractivity contribution < 1.29 is 9.53 Å². The van der Waals surface area contributed by atoms with Crippen LogP contribution < -0.4 is 10.2 Å². The second kappa shape index (κ2) is 9.78. The second-order valence-corrected chi connectivity index (χ2v) is 7.40. The number of hydrazone groups is 1. The van der Waals surface area contributed by atoms with E-state index in [1.807, 2.05) is 54.6 Å². The van der Waals surface area contributed by atoms with Gasteiger partial charge in [-0.1, -0.05) is 60.1 Å². The minimum Gasteiger partial charge on any atom is -0.488 e. The molecule has 1 N–H and O–H groups in total. The lowest BCUT2D eigenvalue weighted by atomic mass is 10.0. The van der Waals surface area contributed by atoms with Crippen LogP contribution in [-0.4, -0.2) is 12.1 Å². The first-order chi connectivity index (χ1) is 15.7. The summed E-state index contributed by atoms with van der Waals surface area (Å²) in [6.45, 7) is 0.236. The number of fused-ring (bicyclic) bond motifs is 1. The Balaban J connectivity index is 1.60. The molecule has 6 heteroatoms. The van der Waals surface area contributed by atoms with Gasteiger partial charge in [-0.3, -0.25) is 4.79 Å². The first-order valence-electron chi connectivity index (χ1n) is 9.87. The first-order valence-corrected chi connectivity index (χ1v) is 10.2. The predicted molar refractivity (Wildman–Crippen MR) is 126 cm³/mol. The molecule has 0 bridgehead atoms. The quantitative estimate of drug-likeness (QED) is 0.309. The molecule has 0 saturated carbocycles. The minimum atomic E-state index is -0.344. The Morgan fingerprint density at radius 3 is 2.56 bits per heavy atom. The monoisotopic (exact) mass is 439 g/mol. The highest BCUT2D eigenvalue weighted by atomic mass is 35.5. The van der Waals surface area contributed by atoms with Gasteiger partial charge in [-0.2, -0.15) is 10.4 Å². The Hall–Kier alpha value is -4.14. The molecular weight excluding hydrogens is 422 g/mol. The summed E-state index contributed by atoms with van der Waals surface area (Å²) in [5.41, 5.74) is 5.08. The normalized spacial score (nSPS) is 10.8. The maximum atomic E-state index is 12.3. The summed E-state index contributed by atoms with van der Waals surface area (Å²) >= 11 is 5.87. The van der Waals surface area contributed by atoms with Gasteiger partial charge in [0.2, 0.25) is 0 Å². The van der Waals surface area contributed by atoms with Gasteiger partial charge in [0.15, 0.2) is 0 Å². The Morgan fingerprint density at radius 2 is 1.75 bits per heavy atom. The van der Waals surface area contributed by atoms with Gasteiger partial charge in [0.25, 0.3) is 5.91 Å². The lowest BCUT2D eigenvalue weighted by Crippen LogP contribution is -2.17. The highest BCUT2D eigenvalue weighted by Gasteiger charge is 2.10. The third-order valence-corrected chi connectivity index (χ3v) is 5.17. The van der Waals surface area contributed by atoms with E-state index in [2.05, 4.69) is 16.6 Å². The summed E-state index contributed by atoms with van der Waals surface area (Å²) in [7, 11) is 0. The van der Waals surface area contributed by atoms with Crippen LogP contribution in [0.1, 0.15) is 27.0 Å². The SMILES string of the molecule is N#Cc1ccccc1COc1ccc2ccccc2c1/C=N\NC(=O)c1ccc(Cl)cc1. The summed E-state index contributed by atoms with van der Waals surface area (Å²) in [5, 5.41) is 16.0. The highest BCUT2D eigenvalue weighted by Crippen LogP contribution is 2.27. The number of nitrogens with one attached hydrogen (secondary N) is 1. The third-order valence-electron chi connectivity index (χ3n) is 4.92. The smallest absolute Gasteiger partial charge is 0.271 e. The van der Waals surface area contributed by atoms with E-state index < -0.39 is 0 Å². The van der Waals surface area contributed by atoms with Crippen molar-refractivity contribution in [3.8, 4) is 11.8 Å². The molecule has 4 rings (SSSR count). The van der Waals surface area contributed by atoms with Crippen molar-refractivity contribution >= 4 is 34.5 Å². The standard InChI is InChI=1S/C26H18ClN3O2/c27-22-12-9-19(10-13-22)26(31)30-29-16-24-23-8-4-3-5-18(23)11-14-25(24)32-17-21-7-2-1-6-20(21)15-28/h1-14,16H,17H2,(H,30,31)/b29-16-. The van der Waals surface area contributed by atoms with Gasteiger partial charge >= 0.3 is 0 Å². The lowest BCUT2D eigenvalue weighted by Gasteiger charge is -2.12. The van der Waals surface area contributed by atoms with E-state index >= 15 is 0 Å². The number of hydrogen-bond donors (Lipinski definition) is 1. The molecular formula is C26H18ClN3O2. The number of amides is 1. The van der Waals surface area contributed by atoms with E-state index in [-0.39, 0.29) is 12.5 Å². The van der Waals surface area contributed by atoms with Gasteiger partial charge in [0.05, 0.1) is 17.8 Å². The van der Waals surface area contributed by atoms with Gasteiger partial charge in [0, 0.05) is 21.7 Å². The molecule has 0 radical (unpaired) electrons. The number of nitriles is 1. The molecule has 0 heterocycles. The van der Waals surface area contributed by atoms with E-state index in [9.17, 15) is 10.1 Å². The fraction of sp³-hybridized carbons (Fsp3) is 0.0385. The molecule has 0 aliphatic heterocycles. The topological polar surface area (TPSA) is 74.5 Å². The minimum absolute atomic E-state index is 0.236. The number of carbonyl (C=O) groups is 1. The van der Waals surface area contributed by atoms with E-state index in [0.29, 0.717) is 21.9 Å². The van der Waals surface area contributed by atoms with Crippen molar-refractivity contribution in [3.05, 3.63) is 112 Å². The number of carbonyl (C=O) groups excluding carboxylic acids is 1. The molecule has 4 aromatic rings. The Kier molecular flexibility index (Phi) is 6.45. The molecule has 1 amide bonds. The fourth-order valence-electron chi connectivity index (χ4n) is 3.27. The third kappa shape index (κ3) is 4.77. The molecule has 0 aromatic heterocycles. The number of hydrogen-bond acceptors (Lipinski definition) is 4. The molecule has 4 aromatic carbocycles. The van der Waals surface area contributed by atoms with Crippen molar-refractivity contribution in [2.24, 2.45) is 5.10 Å². The summed E-state index contributed by atoms with van der Waals surface area (Å²) in [5.74, 6) is 0.254. The molecule has 0 atom stereocenters. The average molecular weight is 440 g/mol. The van der Waals surface area contributed by atoms with Crippen molar-refractivity contribution in [1.29, 1.82) is 5.26 Å². The van der Waals surface area contributed by atoms with Gasteiger partial charge in [-0.15, -0.1) is 0 Å². The zero-order valence-corrected chi connectivity index (χ0v) is 17.7. The van der Waals surface area contributed by atoms with Crippen molar-refractivity contribution in [2.75, 3.05) is 0 Å². The van der Waals surface area contributed by atoms with Crippen LogP contribution in [0, 0.1) is 11.3 Å². The van der Waals surface area contributed by atoms with Crippen LogP contribution in [-0.2, 0) is 6.61 Å². The van der Waals surface area contributed by atoms with Crippen LogP contribution in [0.2, 0.25) is 5.02 Å². The Labute approximate surface area is 190 Å². The van der Waals surface area contributed by atoms with Crippen LogP contribution in [0.25, 0.3) is 10.8 Å². The molecule has 5 nitrogen and oxygen atoms in total. The Bertz CT molecular complexity index is 1340. The Morgan fingerprint density at radius 1 is 1.00 bits per heavy atom. The molecule has 0 saturated heterocycles. The summed E-state index contributed by atoms with van der Waals surface area (Å²) in [4.78, 5) is 12.3. The number of rotatable bonds is 6. The van der Waals surface area contributed by atoms with Crippen LogP contribution >= 0.6 is 11.6 Å². The average Bonchev–Trinajstić information content (AvgIpc) is 2.83. The molecule has 0 aliphatic rings. The number of ether oxygens (including phenoxy) is 1. The zero-order chi connectivity index (χ0) is 22.3. The van der Waals surface area contributed by atoms with Gasteiger partial charge in [0.1, 0.15) is 12.4 Å². The lowest BCUT2D eigenvalue weighted by molar-refractivity contribution is 0.0955. The maximum absolute atomic E-state index is 12.3. The largest absolute Gasteiger partial charge is 0.488 e. The van der Waals surface area contributed by atoms with Crippen LogP contribution in [0.15, 0.2) is 90.0 Å². The number of nitrogens with zero attached hydrogens (tertiary/aromatic N) is 2. The molecule has 0 aliphatic carbocycles. The van der Waals surface area contributed by atoms with E-state index in [1.165, 1.54) is 0 Å². The van der Waals surface area contributed by atoms with Gasteiger partial charge < -0.3 is 4.74 Å². The van der Waals surface area contributed by atoms with Crippen LogP contribution in [0.5, 0.6) is 5.75 Å². The predicted octanol–water partition coefficient (Wildman–Crippen LogP) is 5.71. The summed E-state index contributed by atoms with van der Waals surface area (Å²) in [6, 6.07) is 27.7. The van der Waals surface area contributed by atoms with Crippen molar-refractivity contribution in [2.45, 2.75) is 6.61 Å². The first kappa shape index (κ1) is 21.1.